The molecule has 0 radical (unpaired) electrons. The fourth-order valence-corrected chi connectivity index (χ4v) is 1.73. The van der Waals surface area contributed by atoms with Gasteiger partial charge in [0.15, 0.2) is 0 Å². The molecule has 20 heavy (non-hydrogen) atoms. The summed E-state index contributed by atoms with van der Waals surface area (Å²) in [5.41, 5.74) is 0.238. The third kappa shape index (κ3) is 2.77. The lowest BCUT2D eigenvalue weighted by Gasteiger charge is -2.07. The van der Waals surface area contributed by atoms with Crippen molar-refractivity contribution in [3.63, 3.8) is 0 Å². The fraction of sp³-hybridized carbons (Fsp3) is 0.0769. The monoisotopic (exact) mass is 275 g/mol. The molecule has 0 aliphatic heterocycles. The highest BCUT2D eigenvalue weighted by Gasteiger charge is 2.18. The first-order valence-electron chi connectivity index (χ1n) is 5.67. The van der Waals surface area contributed by atoms with Gasteiger partial charge in [0.1, 0.15) is 5.82 Å². The number of halogens is 1. The van der Waals surface area contributed by atoms with Crippen LogP contribution in [0.5, 0.6) is 0 Å². The average molecular weight is 275 g/mol. The van der Waals surface area contributed by atoms with E-state index in [4.69, 9.17) is 0 Å². The van der Waals surface area contributed by atoms with Crippen molar-refractivity contribution in [2.45, 2.75) is 6.92 Å². The Labute approximate surface area is 113 Å². The zero-order chi connectivity index (χ0) is 14.7. The van der Waals surface area contributed by atoms with Crippen molar-refractivity contribution in [1.29, 1.82) is 0 Å². The first kappa shape index (κ1) is 13.6. The predicted octanol–water partition coefficient (Wildman–Crippen LogP) is 2.69. The molecule has 0 unspecified atom stereocenters. The number of nitrogens with zero attached hydrogens (tertiary/aromatic N) is 2. The highest BCUT2D eigenvalue weighted by atomic mass is 19.1. The van der Waals surface area contributed by atoms with Gasteiger partial charge in [-0.3, -0.25) is 14.9 Å². The Kier molecular flexibility index (Phi) is 3.69. The molecule has 1 heterocycles. The van der Waals surface area contributed by atoms with Gasteiger partial charge in [-0.15, -0.1) is 0 Å². The van der Waals surface area contributed by atoms with Crippen LogP contribution >= 0.6 is 0 Å². The second kappa shape index (κ2) is 5.43. The Bertz CT molecular complexity index is 688. The van der Waals surface area contributed by atoms with Crippen LogP contribution < -0.4 is 5.32 Å². The Morgan fingerprint density at radius 2 is 2.00 bits per heavy atom. The summed E-state index contributed by atoms with van der Waals surface area (Å²) in [7, 11) is 0. The lowest BCUT2D eigenvalue weighted by atomic mass is 10.1. The smallest absolute Gasteiger partial charge is 0.273 e. The third-order valence-electron chi connectivity index (χ3n) is 2.70. The summed E-state index contributed by atoms with van der Waals surface area (Å²) in [6.45, 7) is 1.48. The topological polar surface area (TPSA) is 85.1 Å². The van der Waals surface area contributed by atoms with Crippen LogP contribution in [0, 0.1) is 23.0 Å². The molecule has 0 spiro atoms. The second-order valence-corrected chi connectivity index (χ2v) is 4.01. The van der Waals surface area contributed by atoms with Crippen LogP contribution in [-0.2, 0) is 0 Å². The molecule has 7 heteroatoms. The van der Waals surface area contributed by atoms with E-state index in [2.05, 4.69) is 10.3 Å². The molecule has 6 nitrogen and oxygen atoms in total. The highest BCUT2D eigenvalue weighted by molar-refractivity contribution is 6.05. The molecular formula is C13H10FN3O3. The lowest BCUT2D eigenvalue weighted by Crippen LogP contribution is -2.15. The number of carbonyl (C=O) groups is 1. The molecule has 102 valence electrons. The summed E-state index contributed by atoms with van der Waals surface area (Å²) in [6, 6.07) is 8.16. The van der Waals surface area contributed by atoms with E-state index in [1.54, 1.807) is 0 Å². The molecule has 1 N–H and O–H groups in total. The molecule has 1 amide bonds. The molecule has 0 aliphatic rings. The standard InChI is InChI=1S/C13H10FN3O3/c1-8-9(4-2-5-10(8)17(19)20)13(18)16-12-7-3-6-11(14)15-12/h2-7H,1H3,(H,15,16,18). The molecule has 2 aromatic rings. The van der Waals surface area contributed by atoms with Crippen molar-refractivity contribution in [1.82, 2.24) is 4.98 Å². The SMILES string of the molecule is Cc1c(C(=O)Nc2cccc(F)n2)cccc1[N+](=O)[O-]. The van der Waals surface area contributed by atoms with E-state index in [0.717, 1.165) is 6.07 Å². The Balaban J connectivity index is 2.30. The summed E-state index contributed by atoms with van der Waals surface area (Å²) in [5.74, 6) is -1.26. The van der Waals surface area contributed by atoms with Gasteiger partial charge in [0, 0.05) is 17.2 Å². The Morgan fingerprint density at radius 3 is 2.65 bits per heavy atom. The van der Waals surface area contributed by atoms with Crippen LogP contribution in [-0.4, -0.2) is 15.8 Å². The van der Waals surface area contributed by atoms with Gasteiger partial charge in [-0.25, -0.2) is 4.98 Å². The van der Waals surface area contributed by atoms with Gasteiger partial charge in [0.25, 0.3) is 11.6 Å². The van der Waals surface area contributed by atoms with Crippen molar-refractivity contribution < 1.29 is 14.1 Å². The van der Waals surface area contributed by atoms with E-state index in [-0.39, 0.29) is 22.6 Å². The Morgan fingerprint density at radius 1 is 1.30 bits per heavy atom. The molecule has 0 atom stereocenters. The van der Waals surface area contributed by atoms with Crippen LogP contribution in [0.25, 0.3) is 0 Å². The van der Waals surface area contributed by atoms with Gasteiger partial charge in [-0.2, -0.15) is 4.39 Å². The zero-order valence-corrected chi connectivity index (χ0v) is 10.5. The first-order chi connectivity index (χ1) is 9.49. The summed E-state index contributed by atoms with van der Waals surface area (Å²) in [6.07, 6.45) is 0. The first-order valence-corrected chi connectivity index (χ1v) is 5.67. The normalized spacial score (nSPS) is 10.1. The van der Waals surface area contributed by atoms with Gasteiger partial charge in [-0.05, 0) is 25.1 Å². The van der Waals surface area contributed by atoms with E-state index >= 15 is 0 Å². The van der Waals surface area contributed by atoms with Gasteiger partial charge < -0.3 is 5.32 Å². The van der Waals surface area contributed by atoms with Crippen molar-refractivity contribution >= 4 is 17.4 Å². The van der Waals surface area contributed by atoms with Crippen molar-refractivity contribution in [2.75, 3.05) is 5.32 Å². The van der Waals surface area contributed by atoms with Gasteiger partial charge in [-0.1, -0.05) is 12.1 Å². The van der Waals surface area contributed by atoms with Gasteiger partial charge in [0.2, 0.25) is 5.95 Å². The zero-order valence-electron chi connectivity index (χ0n) is 10.5. The highest BCUT2D eigenvalue weighted by Crippen LogP contribution is 2.21. The van der Waals surface area contributed by atoms with Crippen LogP contribution in [0.1, 0.15) is 15.9 Å². The number of rotatable bonds is 3. The minimum absolute atomic E-state index is 0.0425. The molecule has 1 aromatic carbocycles. The molecule has 0 bridgehead atoms. The van der Waals surface area contributed by atoms with Crippen LogP contribution in [0.2, 0.25) is 0 Å². The average Bonchev–Trinajstić information content (AvgIpc) is 2.38. The van der Waals surface area contributed by atoms with Crippen molar-refractivity contribution in [3.05, 3.63) is 63.6 Å². The lowest BCUT2D eigenvalue weighted by molar-refractivity contribution is -0.385. The largest absolute Gasteiger partial charge is 0.306 e. The third-order valence-corrected chi connectivity index (χ3v) is 2.70. The number of hydrogen-bond acceptors (Lipinski definition) is 4. The molecule has 0 fully saturated rings. The number of benzene rings is 1. The molecule has 0 aliphatic carbocycles. The number of nitro groups is 1. The van der Waals surface area contributed by atoms with E-state index in [1.165, 1.54) is 37.3 Å². The number of nitro benzene ring substituents is 1. The maximum atomic E-state index is 12.9. The molecule has 1 aromatic heterocycles. The number of hydrogen-bond donors (Lipinski definition) is 1. The minimum Gasteiger partial charge on any atom is -0.306 e. The molecule has 2 rings (SSSR count). The maximum Gasteiger partial charge on any atom is 0.273 e. The van der Waals surface area contributed by atoms with E-state index in [0.29, 0.717) is 0 Å². The van der Waals surface area contributed by atoms with Crippen LogP contribution in [0.3, 0.4) is 0 Å². The maximum absolute atomic E-state index is 12.9. The molecule has 0 saturated heterocycles. The Hall–Kier alpha value is -2.83. The minimum atomic E-state index is -0.724. The van der Waals surface area contributed by atoms with E-state index in [9.17, 15) is 19.3 Å². The van der Waals surface area contributed by atoms with Gasteiger partial charge >= 0.3 is 0 Å². The van der Waals surface area contributed by atoms with Crippen molar-refractivity contribution in [2.24, 2.45) is 0 Å². The molecular weight excluding hydrogens is 265 g/mol. The fourth-order valence-electron chi connectivity index (χ4n) is 1.73. The number of anilines is 1. The van der Waals surface area contributed by atoms with Crippen LogP contribution in [0.15, 0.2) is 36.4 Å². The number of pyridine rings is 1. The second-order valence-electron chi connectivity index (χ2n) is 4.01. The predicted molar refractivity (Wildman–Crippen MR) is 70.0 cm³/mol. The van der Waals surface area contributed by atoms with Crippen LogP contribution in [0.4, 0.5) is 15.9 Å². The molecule has 0 saturated carbocycles. The van der Waals surface area contributed by atoms with Gasteiger partial charge in [0.05, 0.1) is 4.92 Å². The number of amides is 1. The number of nitrogens with one attached hydrogen (secondary N) is 1. The quantitative estimate of drug-likeness (QED) is 0.530. The summed E-state index contributed by atoms with van der Waals surface area (Å²) >= 11 is 0. The number of aromatic nitrogens is 1. The van der Waals surface area contributed by atoms with E-state index in [1.807, 2.05) is 0 Å². The summed E-state index contributed by atoms with van der Waals surface area (Å²) in [5, 5.41) is 13.2. The van der Waals surface area contributed by atoms with E-state index < -0.39 is 16.8 Å². The number of carbonyl (C=O) groups excluding carboxylic acids is 1. The van der Waals surface area contributed by atoms with Crippen molar-refractivity contribution in [3.8, 4) is 0 Å². The summed E-state index contributed by atoms with van der Waals surface area (Å²) < 4.78 is 12.9. The summed E-state index contributed by atoms with van der Waals surface area (Å²) in [4.78, 5) is 25.8.